The fourth-order valence-corrected chi connectivity index (χ4v) is 5.02. The predicted octanol–water partition coefficient (Wildman–Crippen LogP) is 1.86. The van der Waals surface area contributed by atoms with Crippen molar-refractivity contribution < 1.29 is 18.3 Å². The summed E-state index contributed by atoms with van der Waals surface area (Å²) in [7, 11) is -3.45. The Bertz CT molecular complexity index is 699. The van der Waals surface area contributed by atoms with Gasteiger partial charge in [0.15, 0.2) is 9.84 Å². The lowest BCUT2D eigenvalue weighted by Gasteiger charge is -2.41. The van der Waals surface area contributed by atoms with E-state index in [9.17, 15) is 18.3 Å². The molecule has 1 aromatic carbocycles. The van der Waals surface area contributed by atoms with Gasteiger partial charge in [-0.15, -0.1) is 0 Å². The first-order chi connectivity index (χ1) is 11.3. The van der Waals surface area contributed by atoms with Gasteiger partial charge in [-0.1, -0.05) is 31.5 Å². The van der Waals surface area contributed by atoms with Gasteiger partial charge in [-0.2, -0.15) is 0 Å². The summed E-state index contributed by atoms with van der Waals surface area (Å²) in [6, 6.07) is 8.21. The molecule has 132 valence electrons. The SMILES string of the molecule is C[C@@H]1CN(C(=O)CCS(=O)(=O)c2ccccc2)C[C@@]1(O)C1CCC1. The van der Waals surface area contributed by atoms with Crippen LogP contribution in [-0.4, -0.2) is 48.8 Å². The average Bonchev–Trinajstić information content (AvgIpc) is 2.80. The second-order valence-electron chi connectivity index (χ2n) is 7.18. The molecule has 0 unspecified atom stereocenters. The molecule has 0 bridgehead atoms. The average molecular weight is 351 g/mol. The minimum atomic E-state index is -3.45. The number of hydrogen-bond donors (Lipinski definition) is 1. The molecule has 1 aliphatic heterocycles. The van der Waals surface area contributed by atoms with Crippen molar-refractivity contribution >= 4 is 15.7 Å². The van der Waals surface area contributed by atoms with Crippen molar-refractivity contribution in [3.8, 4) is 0 Å². The summed E-state index contributed by atoms with van der Waals surface area (Å²) in [5.74, 6) is -0.0600. The Hall–Kier alpha value is -1.40. The summed E-state index contributed by atoms with van der Waals surface area (Å²) in [5, 5.41) is 10.9. The van der Waals surface area contributed by atoms with Crippen LogP contribution in [0.5, 0.6) is 0 Å². The van der Waals surface area contributed by atoms with Gasteiger partial charge >= 0.3 is 0 Å². The maximum absolute atomic E-state index is 12.4. The van der Waals surface area contributed by atoms with Crippen LogP contribution in [0.25, 0.3) is 0 Å². The summed E-state index contributed by atoms with van der Waals surface area (Å²) in [4.78, 5) is 14.3. The standard InChI is InChI=1S/C18H25NO4S/c1-14-12-19(13-18(14,21)15-6-5-7-15)17(20)10-11-24(22,23)16-8-3-2-4-9-16/h2-4,8-9,14-15,21H,5-7,10-13H2,1H3/t14-,18+/m1/s1. The molecule has 6 heteroatoms. The van der Waals surface area contributed by atoms with Crippen molar-refractivity contribution in [2.75, 3.05) is 18.8 Å². The summed E-state index contributed by atoms with van der Waals surface area (Å²) >= 11 is 0. The highest BCUT2D eigenvalue weighted by atomic mass is 32.2. The van der Waals surface area contributed by atoms with Crippen LogP contribution in [0.2, 0.25) is 0 Å². The van der Waals surface area contributed by atoms with E-state index in [2.05, 4.69) is 0 Å². The second-order valence-corrected chi connectivity index (χ2v) is 9.29. The molecule has 2 fully saturated rings. The van der Waals surface area contributed by atoms with E-state index in [1.807, 2.05) is 6.92 Å². The van der Waals surface area contributed by atoms with Gasteiger partial charge in [0.2, 0.25) is 5.91 Å². The molecule has 1 aromatic rings. The molecular formula is C18H25NO4S. The lowest BCUT2D eigenvalue weighted by molar-refractivity contribution is -0.131. The Labute approximate surface area is 143 Å². The van der Waals surface area contributed by atoms with Gasteiger partial charge in [-0.05, 0) is 30.9 Å². The lowest BCUT2D eigenvalue weighted by atomic mass is 9.69. The molecule has 24 heavy (non-hydrogen) atoms. The zero-order valence-electron chi connectivity index (χ0n) is 14.0. The summed E-state index contributed by atoms with van der Waals surface area (Å²) in [6.07, 6.45) is 3.14. The number of sulfone groups is 1. The zero-order valence-corrected chi connectivity index (χ0v) is 14.8. The Kier molecular flexibility index (Phi) is 4.71. The fourth-order valence-electron chi connectivity index (χ4n) is 3.77. The summed E-state index contributed by atoms with van der Waals surface area (Å²) < 4.78 is 24.6. The van der Waals surface area contributed by atoms with E-state index in [1.54, 1.807) is 35.2 Å². The minimum Gasteiger partial charge on any atom is -0.387 e. The van der Waals surface area contributed by atoms with E-state index in [0.29, 0.717) is 13.1 Å². The van der Waals surface area contributed by atoms with Gasteiger partial charge in [0.25, 0.3) is 0 Å². The third-order valence-corrected chi connectivity index (χ3v) is 7.38. The third-order valence-electron chi connectivity index (χ3n) is 5.64. The molecule has 1 heterocycles. The molecule has 0 spiro atoms. The molecule has 2 aliphatic rings. The van der Waals surface area contributed by atoms with E-state index in [4.69, 9.17) is 0 Å². The normalized spacial score (nSPS) is 27.9. The maximum atomic E-state index is 12.4. The number of likely N-dealkylation sites (tertiary alicyclic amines) is 1. The Balaban J connectivity index is 1.60. The van der Waals surface area contributed by atoms with Gasteiger partial charge < -0.3 is 10.0 Å². The predicted molar refractivity (Wildman–Crippen MR) is 91.1 cm³/mol. The van der Waals surface area contributed by atoms with Crippen molar-refractivity contribution in [3.63, 3.8) is 0 Å². The molecule has 0 radical (unpaired) electrons. The number of rotatable bonds is 5. The smallest absolute Gasteiger partial charge is 0.223 e. The molecule has 1 amide bonds. The highest BCUT2D eigenvalue weighted by Gasteiger charge is 2.50. The molecule has 0 aromatic heterocycles. The number of amides is 1. The van der Waals surface area contributed by atoms with Crippen LogP contribution in [0, 0.1) is 11.8 Å². The van der Waals surface area contributed by atoms with Crippen LogP contribution in [0.15, 0.2) is 35.2 Å². The van der Waals surface area contributed by atoms with Crippen molar-refractivity contribution in [2.24, 2.45) is 11.8 Å². The largest absolute Gasteiger partial charge is 0.387 e. The van der Waals surface area contributed by atoms with E-state index >= 15 is 0 Å². The van der Waals surface area contributed by atoms with E-state index < -0.39 is 15.4 Å². The molecule has 1 saturated carbocycles. The van der Waals surface area contributed by atoms with Crippen LogP contribution in [0.1, 0.15) is 32.6 Å². The number of nitrogens with zero attached hydrogens (tertiary/aromatic N) is 1. The molecule has 1 N–H and O–H groups in total. The maximum Gasteiger partial charge on any atom is 0.223 e. The number of hydrogen-bond acceptors (Lipinski definition) is 4. The molecular weight excluding hydrogens is 326 g/mol. The molecule has 1 saturated heterocycles. The Morgan fingerprint density at radius 3 is 2.54 bits per heavy atom. The quantitative estimate of drug-likeness (QED) is 0.879. The van der Waals surface area contributed by atoms with Crippen LogP contribution in [-0.2, 0) is 14.6 Å². The summed E-state index contributed by atoms with van der Waals surface area (Å²) in [6.45, 7) is 2.83. The number of β-amino-alcohol motifs (C(OH)–C–C–N with tert-alkyl or cyclic N) is 1. The number of benzene rings is 1. The summed E-state index contributed by atoms with van der Waals surface area (Å²) in [5.41, 5.74) is -0.799. The van der Waals surface area contributed by atoms with Crippen molar-refractivity contribution in [1.82, 2.24) is 4.90 Å². The van der Waals surface area contributed by atoms with Gasteiger partial charge in [-0.3, -0.25) is 4.79 Å². The van der Waals surface area contributed by atoms with E-state index in [0.717, 1.165) is 19.3 Å². The monoisotopic (exact) mass is 351 g/mol. The number of aliphatic hydroxyl groups is 1. The molecule has 2 atom stereocenters. The van der Waals surface area contributed by atoms with Crippen molar-refractivity contribution in [1.29, 1.82) is 0 Å². The van der Waals surface area contributed by atoms with Gasteiger partial charge in [-0.25, -0.2) is 8.42 Å². The van der Waals surface area contributed by atoms with Crippen molar-refractivity contribution in [3.05, 3.63) is 30.3 Å². The van der Waals surface area contributed by atoms with Gasteiger partial charge in [0.05, 0.1) is 16.2 Å². The van der Waals surface area contributed by atoms with Crippen LogP contribution >= 0.6 is 0 Å². The zero-order chi connectivity index (χ0) is 17.4. The van der Waals surface area contributed by atoms with Crippen LogP contribution in [0.3, 0.4) is 0 Å². The minimum absolute atomic E-state index is 0.0370. The Morgan fingerprint density at radius 1 is 1.29 bits per heavy atom. The van der Waals surface area contributed by atoms with Crippen LogP contribution in [0.4, 0.5) is 0 Å². The van der Waals surface area contributed by atoms with E-state index in [-0.39, 0.29) is 34.8 Å². The first-order valence-electron chi connectivity index (χ1n) is 8.61. The topological polar surface area (TPSA) is 74.7 Å². The lowest BCUT2D eigenvalue weighted by Crippen LogP contribution is -2.48. The second kappa shape index (κ2) is 6.48. The van der Waals surface area contributed by atoms with Crippen molar-refractivity contribution in [2.45, 2.75) is 43.1 Å². The van der Waals surface area contributed by atoms with E-state index in [1.165, 1.54) is 0 Å². The molecule has 1 aliphatic carbocycles. The van der Waals surface area contributed by atoms with Gasteiger partial charge in [0, 0.05) is 25.4 Å². The highest BCUT2D eigenvalue weighted by molar-refractivity contribution is 7.91. The molecule has 3 rings (SSSR count). The number of carbonyl (C=O) groups excluding carboxylic acids is 1. The Morgan fingerprint density at radius 2 is 1.96 bits per heavy atom. The highest BCUT2D eigenvalue weighted by Crippen LogP contribution is 2.44. The molecule has 5 nitrogen and oxygen atoms in total. The van der Waals surface area contributed by atoms with Gasteiger partial charge in [0.1, 0.15) is 0 Å². The fraction of sp³-hybridized carbons (Fsp3) is 0.611. The number of carbonyl (C=O) groups is 1. The third kappa shape index (κ3) is 3.22. The first-order valence-corrected chi connectivity index (χ1v) is 10.3. The van der Waals surface area contributed by atoms with Crippen LogP contribution < -0.4 is 0 Å². The first kappa shape index (κ1) is 17.4.